The van der Waals surface area contributed by atoms with Crippen LogP contribution in [0.4, 0.5) is 0 Å². The molecule has 0 saturated heterocycles. The van der Waals surface area contributed by atoms with Crippen molar-refractivity contribution in [2.45, 2.75) is 12.5 Å². The highest BCUT2D eigenvalue weighted by molar-refractivity contribution is 6.42. The molecule has 2 aromatic rings. The molecule has 5 heteroatoms. The third-order valence-corrected chi connectivity index (χ3v) is 4.25. The van der Waals surface area contributed by atoms with E-state index in [4.69, 9.17) is 23.2 Å². The van der Waals surface area contributed by atoms with Gasteiger partial charge in [-0.3, -0.25) is 0 Å². The first-order valence-electron chi connectivity index (χ1n) is 6.12. The van der Waals surface area contributed by atoms with E-state index >= 15 is 0 Å². The van der Waals surface area contributed by atoms with Crippen LogP contribution in [0.3, 0.4) is 0 Å². The van der Waals surface area contributed by atoms with Crippen molar-refractivity contribution in [3.8, 4) is 5.75 Å². The molecule has 1 atom stereocenters. The van der Waals surface area contributed by atoms with Crippen molar-refractivity contribution >= 4 is 35.6 Å². The second-order valence-corrected chi connectivity index (χ2v) is 5.55. The van der Waals surface area contributed by atoms with Gasteiger partial charge in [0.25, 0.3) is 0 Å². The van der Waals surface area contributed by atoms with E-state index in [0.717, 1.165) is 24.2 Å². The van der Waals surface area contributed by atoms with Gasteiger partial charge >= 0.3 is 0 Å². The fraction of sp³-hybridized carbons (Fsp3) is 0.200. The summed E-state index contributed by atoms with van der Waals surface area (Å²) in [6, 6.07) is 11.3. The summed E-state index contributed by atoms with van der Waals surface area (Å²) in [6.45, 7) is 1.64. The van der Waals surface area contributed by atoms with Crippen LogP contribution in [0, 0.1) is 0 Å². The number of rotatable bonds is 1. The summed E-state index contributed by atoms with van der Waals surface area (Å²) in [5.41, 5.74) is 3.49. The molecule has 0 fully saturated rings. The summed E-state index contributed by atoms with van der Waals surface area (Å²) in [7, 11) is 0. The first kappa shape index (κ1) is 15.5. The number of aromatic hydroxyl groups is 1. The first-order chi connectivity index (χ1) is 9.15. The van der Waals surface area contributed by atoms with Crippen LogP contribution in [0.2, 0.25) is 10.0 Å². The molecular weight excluding hydrogens is 317 g/mol. The fourth-order valence-corrected chi connectivity index (χ4v) is 2.88. The second kappa shape index (κ2) is 6.23. The van der Waals surface area contributed by atoms with E-state index in [-0.39, 0.29) is 18.3 Å². The molecule has 2 nitrogen and oxygen atoms in total. The normalized spacial score (nSPS) is 17.2. The van der Waals surface area contributed by atoms with Gasteiger partial charge < -0.3 is 10.4 Å². The van der Waals surface area contributed by atoms with Crippen LogP contribution in [0.1, 0.15) is 22.6 Å². The maximum atomic E-state index is 9.56. The molecule has 1 unspecified atom stereocenters. The molecule has 2 N–H and O–H groups in total. The minimum atomic E-state index is 0. The van der Waals surface area contributed by atoms with Gasteiger partial charge in [0.2, 0.25) is 0 Å². The van der Waals surface area contributed by atoms with Gasteiger partial charge in [-0.25, -0.2) is 0 Å². The predicted octanol–water partition coefficient (Wildman–Crippen LogP) is 4.36. The molecule has 3 rings (SSSR count). The zero-order valence-corrected chi connectivity index (χ0v) is 12.9. The van der Waals surface area contributed by atoms with Crippen LogP contribution >= 0.6 is 35.6 Å². The SMILES string of the molecule is Cl.Oc1ccc2c(c1)CNCC2c1ccc(Cl)c(Cl)c1. The Hall–Kier alpha value is -0.930. The third-order valence-electron chi connectivity index (χ3n) is 3.51. The van der Waals surface area contributed by atoms with Crippen molar-refractivity contribution in [1.82, 2.24) is 5.32 Å². The molecule has 0 spiro atoms. The average Bonchev–Trinajstić information content (AvgIpc) is 2.41. The van der Waals surface area contributed by atoms with Gasteiger partial charge in [0, 0.05) is 19.0 Å². The molecule has 0 aromatic heterocycles. The molecule has 0 radical (unpaired) electrons. The van der Waals surface area contributed by atoms with E-state index in [1.54, 1.807) is 6.07 Å². The van der Waals surface area contributed by atoms with Gasteiger partial charge in [0.1, 0.15) is 5.75 Å². The monoisotopic (exact) mass is 329 g/mol. The number of hydrogen-bond donors (Lipinski definition) is 2. The van der Waals surface area contributed by atoms with Crippen LogP contribution < -0.4 is 5.32 Å². The molecule has 0 bridgehead atoms. The van der Waals surface area contributed by atoms with Crippen molar-refractivity contribution in [1.29, 1.82) is 0 Å². The van der Waals surface area contributed by atoms with Gasteiger partial charge in [0.05, 0.1) is 10.0 Å². The van der Waals surface area contributed by atoms with Crippen molar-refractivity contribution in [2.75, 3.05) is 6.54 Å². The van der Waals surface area contributed by atoms with Gasteiger partial charge in [-0.05, 0) is 41.0 Å². The summed E-state index contributed by atoms with van der Waals surface area (Å²) >= 11 is 12.1. The Bertz CT molecular complexity index is 631. The lowest BCUT2D eigenvalue weighted by Crippen LogP contribution is -2.28. The number of halogens is 3. The maximum Gasteiger partial charge on any atom is 0.115 e. The largest absolute Gasteiger partial charge is 0.508 e. The minimum Gasteiger partial charge on any atom is -0.508 e. The third kappa shape index (κ3) is 2.89. The molecular formula is C15H14Cl3NO. The van der Waals surface area contributed by atoms with Crippen LogP contribution in [0.5, 0.6) is 5.75 Å². The minimum absolute atomic E-state index is 0. The Balaban J connectivity index is 0.00000147. The van der Waals surface area contributed by atoms with Crippen LogP contribution in [0.25, 0.3) is 0 Å². The molecule has 1 aliphatic rings. The maximum absolute atomic E-state index is 9.56. The summed E-state index contributed by atoms with van der Waals surface area (Å²) in [5.74, 6) is 0.537. The lowest BCUT2D eigenvalue weighted by atomic mass is 9.85. The molecule has 1 heterocycles. The topological polar surface area (TPSA) is 32.3 Å². The molecule has 0 aliphatic carbocycles. The number of hydrogen-bond acceptors (Lipinski definition) is 2. The van der Waals surface area contributed by atoms with E-state index in [1.165, 1.54) is 5.56 Å². The highest BCUT2D eigenvalue weighted by Gasteiger charge is 2.22. The standard InChI is InChI=1S/C15H13Cl2NO.ClH/c16-14-4-1-9(6-15(14)17)13-8-18-7-10-5-11(19)2-3-12(10)13;/h1-6,13,18-19H,7-8H2;1H. The number of benzene rings is 2. The van der Waals surface area contributed by atoms with Crippen molar-refractivity contribution < 1.29 is 5.11 Å². The fourth-order valence-electron chi connectivity index (χ4n) is 2.57. The van der Waals surface area contributed by atoms with Crippen LogP contribution in [-0.4, -0.2) is 11.7 Å². The lowest BCUT2D eigenvalue weighted by Gasteiger charge is -2.27. The highest BCUT2D eigenvalue weighted by Crippen LogP contribution is 2.34. The molecule has 106 valence electrons. The smallest absolute Gasteiger partial charge is 0.115 e. The van der Waals surface area contributed by atoms with Gasteiger partial charge in [0.15, 0.2) is 0 Å². The predicted molar refractivity (Wildman–Crippen MR) is 85.4 cm³/mol. The van der Waals surface area contributed by atoms with Crippen molar-refractivity contribution in [2.24, 2.45) is 0 Å². The second-order valence-electron chi connectivity index (χ2n) is 4.74. The number of fused-ring (bicyclic) bond motifs is 1. The average molecular weight is 331 g/mol. The van der Waals surface area contributed by atoms with E-state index in [0.29, 0.717) is 15.8 Å². The summed E-state index contributed by atoms with van der Waals surface area (Å²) in [6.07, 6.45) is 0. The van der Waals surface area contributed by atoms with Crippen molar-refractivity contribution in [3.63, 3.8) is 0 Å². The molecule has 1 aliphatic heterocycles. The number of phenols is 1. The first-order valence-corrected chi connectivity index (χ1v) is 6.88. The quantitative estimate of drug-likeness (QED) is 0.814. The zero-order valence-electron chi connectivity index (χ0n) is 10.6. The Morgan fingerprint density at radius 1 is 1.05 bits per heavy atom. The van der Waals surface area contributed by atoms with E-state index in [2.05, 4.69) is 5.32 Å². The summed E-state index contributed by atoms with van der Waals surface area (Å²) in [4.78, 5) is 0. The van der Waals surface area contributed by atoms with Gasteiger partial charge in [-0.15, -0.1) is 12.4 Å². The molecule has 2 aromatic carbocycles. The molecule has 0 amide bonds. The van der Waals surface area contributed by atoms with Gasteiger partial charge in [-0.1, -0.05) is 35.3 Å². The zero-order chi connectivity index (χ0) is 13.4. The Labute approximate surface area is 134 Å². The van der Waals surface area contributed by atoms with E-state index in [1.807, 2.05) is 30.3 Å². The van der Waals surface area contributed by atoms with Gasteiger partial charge in [-0.2, -0.15) is 0 Å². The van der Waals surface area contributed by atoms with Crippen molar-refractivity contribution in [3.05, 3.63) is 63.1 Å². The Kier molecular flexibility index (Phi) is 4.82. The summed E-state index contributed by atoms with van der Waals surface area (Å²) < 4.78 is 0. The highest BCUT2D eigenvalue weighted by atomic mass is 35.5. The van der Waals surface area contributed by atoms with E-state index in [9.17, 15) is 5.11 Å². The lowest BCUT2D eigenvalue weighted by molar-refractivity contribution is 0.472. The van der Waals surface area contributed by atoms with Crippen LogP contribution in [-0.2, 0) is 6.54 Å². The van der Waals surface area contributed by atoms with E-state index < -0.39 is 0 Å². The number of phenolic OH excluding ortho intramolecular Hbond substituents is 1. The molecule has 20 heavy (non-hydrogen) atoms. The Morgan fingerprint density at radius 3 is 2.60 bits per heavy atom. The summed E-state index contributed by atoms with van der Waals surface area (Å²) in [5, 5.41) is 14.1. The Morgan fingerprint density at radius 2 is 1.85 bits per heavy atom. The number of nitrogens with one attached hydrogen (secondary N) is 1. The molecule has 0 saturated carbocycles. The van der Waals surface area contributed by atoms with Crippen LogP contribution in [0.15, 0.2) is 36.4 Å².